The van der Waals surface area contributed by atoms with E-state index in [2.05, 4.69) is 4.98 Å². The Balaban J connectivity index is 1.75. The number of carbonyl (C=O) groups is 1. The normalized spacial score (nSPS) is 21.8. The van der Waals surface area contributed by atoms with E-state index in [1.807, 2.05) is 30.3 Å². The Morgan fingerprint density at radius 3 is 2.86 bits per heavy atom. The van der Waals surface area contributed by atoms with Gasteiger partial charge >= 0.3 is 0 Å². The molecule has 0 radical (unpaired) electrons. The molecule has 2 aromatic rings. The van der Waals surface area contributed by atoms with Crippen molar-refractivity contribution in [2.24, 2.45) is 5.92 Å². The van der Waals surface area contributed by atoms with Crippen molar-refractivity contribution in [2.75, 3.05) is 19.7 Å². The third kappa shape index (κ3) is 3.04. The average molecular weight is 318 g/mol. The molecule has 22 heavy (non-hydrogen) atoms. The number of nitrogens with zero attached hydrogens (tertiary/aromatic N) is 2. The molecular formula is C16H18N2O3S. The van der Waals surface area contributed by atoms with Gasteiger partial charge in [-0.1, -0.05) is 30.3 Å². The number of aliphatic hydroxyl groups excluding tert-OH is 2. The number of carbonyl (C=O) groups excluding carboxylic acids is 1. The molecule has 6 heteroatoms. The van der Waals surface area contributed by atoms with Crippen molar-refractivity contribution in [3.05, 3.63) is 41.4 Å². The molecule has 3 rings (SSSR count). The van der Waals surface area contributed by atoms with Gasteiger partial charge in [0.25, 0.3) is 5.91 Å². The number of piperidine rings is 1. The number of benzene rings is 1. The molecule has 2 atom stereocenters. The number of amides is 1. The van der Waals surface area contributed by atoms with E-state index >= 15 is 0 Å². The Morgan fingerprint density at radius 2 is 2.14 bits per heavy atom. The van der Waals surface area contributed by atoms with Gasteiger partial charge in [-0.2, -0.15) is 0 Å². The molecule has 0 saturated carbocycles. The second-order valence-corrected chi connectivity index (χ2v) is 6.31. The summed E-state index contributed by atoms with van der Waals surface area (Å²) in [4.78, 5) is 18.6. The highest BCUT2D eigenvalue weighted by Gasteiger charge is 2.31. The van der Waals surface area contributed by atoms with Crippen molar-refractivity contribution in [3.8, 4) is 10.6 Å². The van der Waals surface area contributed by atoms with Crippen LogP contribution in [0.4, 0.5) is 0 Å². The molecule has 0 aliphatic carbocycles. The fourth-order valence-electron chi connectivity index (χ4n) is 2.63. The van der Waals surface area contributed by atoms with Gasteiger partial charge in [0.05, 0.1) is 12.7 Å². The predicted molar refractivity (Wildman–Crippen MR) is 84.7 cm³/mol. The molecule has 0 unspecified atom stereocenters. The molecule has 0 spiro atoms. The van der Waals surface area contributed by atoms with Gasteiger partial charge in [0.1, 0.15) is 10.7 Å². The second kappa shape index (κ2) is 6.56. The van der Waals surface area contributed by atoms with Crippen LogP contribution in [-0.2, 0) is 0 Å². The first-order chi connectivity index (χ1) is 10.7. The van der Waals surface area contributed by atoms with Crippen molar-refractivity contribution in [1.29, 1.82) is 0 Å². The van der Waals surface area contributed by atoms with Crippen LogP contribution in [0.2, 0.25) is 0 Å². The molecule has 1 fully saturated rings. The summed E-state index contributed by atoms with van der Waals surface area (Å²) in [5, 5.41) is 21.6. The van der Waals surface area contributed by atoms with Crippen LogP contribution < -0.4 is 0 Å². The monoisotopic (exact) mass is 318 g/mol. The first-order valence-electron chi connectivity index (χ1n) is 7.28. The van der Waals surface area contributed by atoms with Crippen molar-refractivity contribution in [1.82, 2.24) is 9.88 Å². The van der Waals surface area contributed by atoms with E-state index in [9.17, 15) is 15.0 Å². The minimum absolute atomic E-state index is 0.114. The molecule has 1 aliphatic heterocycles. The Kier molecular flexibility index (Phi) is 4.52. The molecule has 116 valence electrons. The van der Waals surface area contributed by atoms with E-state index in [4.69, 9.17) is 0 Å². The number of hydrogen-bond donors (Lipinski definition) is 2. The zero-order valence-corrected chi connectivity index (χ0v) is 12.9. The fourth-order valence-corrected chi connectivity index (χ4v) is 3.43. The van der Waals surface area contributed by atoms with Crippen molar-refractivity contribution in [3.63, 3.8) is 0 Å². The first-order valence-corrected chi connectivity index (χ1v) is 8.16. The third-order valence-electron chi connectivity index (χ3n) is 3.96. The smallest absolute Gasteiger partial charge is 0.273 e. The van der Waals surface area contributed by atoms with Crippen LogP contribution in [0.15, 0.2) is 35.7 Å². The van der Waals surface area contributed by atoms with Crippen LogP contribution >= 0.6 is 11.3 Å². The van der Waals surface area contributed by atoms with Crippen LogP contribution in [0.5, 0.6) is 0 Å². The summed E-state index contributed by atoms with van der Waals surface area (Å²) in [6.45, 7) is 0.751. The minimum atomic E-state index is -0.538. The number of aliphatic hydroxyl groups is 2. The largest absolute Gasteiger partial charge is 0.396 e. The lowest BCUT2D eigenvalue weighted by Crippen LogP contribution is -2.47. The maximum absolute atomic E-state index is 12.5. The van der Waals surface area contributed by atoms with E-state index in [0.717, 1.165) is 10.6 Å². The number of thiazole rings is 1. The summed E-state index contributed by atoms with van der Waals surface area (Å²) in [7, 11) is 0. The third-order valence-corrected chi connectivity index (χ3v) is 4.85. The number of hydrogen-bond acceptors (Lipinski definition) is 5. The molecule has 1 saturated heterocycles. The Hall–Kier alpha value is -1.76. The summed E-state index contributed by atoms with van der Waals surface area (Å²) in [5.74, 6) is -0.409. The van der Waals surface area contributed by atoms with Crippen LogP contribution in [0.25, 0.3) is 10.6 Å². The Morgan fingerprint density at radius 1 is 1.36 bits per heavy atom. The van der Waals surface area contributed by atoms with E-state index in [0.29, 0.717) is 25.2 Å². The zero-order valence-electron chi connectivity index (χ0n) is 12.1. The minimum Gasteiger partial charge on any atom is -0.396 e. The zero-order chi connectivity index (χ0) is 15.5. The van der Waals surface area contributed by atoms with E-state index in [1.165, 1.54) is 11.3 Å². The van der Waals surface area contributed by atoms with Gasteiger partial charge in [-0.05, 0) is 6.42 Å². The van der Waals surface area contributed by atoms with Crippen LogP contribution in [-0.4, -0.2) is 51.8 Å². The molecule has 0 bridgehead atoms. The molecule has 1 aromatic heterocycles. The van der Waals surface area contributed by atoms with Crippen LogP contribution in [0, 0.1) is 5.92 Å². The lowest BCUT2D eigenvalue weighted by Gasteiger charge is -2.34. The van der Waals surface area contributed by atoms with Gasteiger partial charge < -0.3 is 15.1 Å². The van der Waals surface area contributed by atoms with Gasteiger partial charge in [-0.15, -0.1) is 11.3 Å². The number of rotatable bonds is 3. The van der Waals surface area contributed by atoms with E-state index in [1.54, 1.807) is 10.3 Å². The molecule has 2 N–H and O–H groups in total. The van der Waals surface area contributed by atoms with Gasteiger partial charge in [0.15, 0.2) is 0 Å². The van der Waals surface area contributed by atoms with Crippen LogP contribution in [0.3, 0.4) is 0 Å². The van der Waals surface area contributed by atoms with Crippen molar-refractivity contribution in [2.45, 2.75) is 12.5 Å². The quantitative estimate of drug-likeness (QED) is 0.902. The predicted octanol–water partition coefficient (Wildman–Crippen LogP) is 1.63. The molecular weight excluding hydrogens is 300 g/mol. The van der Waals surface area contributed by atoms with Crippen molar-refractivity contribution < 1.29 is 15.0 Å². The molecule has 1 aromatic carbocycles. The number of likely N-dealkylation sites (tertiary alicyclic amines) is 1. The first kappa shape index (κ1) is 15.1. The van der Waals surface area contributed by atoms with E-state index in [-0.39, 0.29) is 18.4 Å². The highest BCUT2D eigenvalue weighted by molar-refractivity contribution is 7.13. The summed E-state index contributed by atoms with van der Waals surface area (Å²) in [5.41, 5.74) is 1.42. The molecule has 1 aliphatic rings. The fraction of sp³-hybridized carbons (Fsp3) is 0.375. The standard InChI is InChI=1S/C16H18N2O3S/c19-9-12-8-18(7-6-14(12)20)16(21)13-10-22-15(17-13)11-4-2-1-3-5-11/h1-5,10,12,14,19-20H,6-9H2/t12-,14-/m1/s1. The Labute approximate surface area is 132 Å². The Bertz CT molecular complexity index is 644. The molecule has 2 heterocycles. The molecule has 1 amide bonds. The van der Waals surface area contributed by atoms with Gasteiger partial charge in [-0.25, -0.2) is 4.98 Å². The topological polar surface area (TPSA) is 73.7 Å². The number of aromatic nitrogens is 1. The van der Waals surface area contributed by atoms with E-state index < -0.39 is 6.10 Å². The summed E-state index contributed by atoms with van der Waals surface area (Å²) in [6, 6.07) is 9.75. The lowest BCUT2D eigenvalue weighted by molar-refractivity contribution is 0.00326. The average Bonchev–Trinajstić information content (AvgIpc) is 3.05. The highest BCUT2D eigenvalue weighted by Crippen LogP contribution is 2.25. The van der Waals surface area contributed by atoms with Crippen molar-refractivity contribution >= 4 is 17.2 Å². The van der Waals surface area contributed by atoms with Crippen LogP contribution in [0.1, 0.15) is 16.9 Å². The SMILES string of the molecule is O=C(c1csc(-c2ccccc2)n1)N1CC[C@@H](O)[C@@H](CO)C1. The summed E-state index contributed by atoms with van der Waals surface area (Å²) >= 11 is 1.44. The van der Waals surface area contributed by atoms with Gasteiger partial charge in [0.2, 0.25) is 0 Å². The van der Waals surface area contributed by atoms with Gasteiger partial charge in [0, 0.05) is 30.0 Å². The molecule has 5 nitrogen and oxygen atoms in total. The lowest BCUT2D eigenvalue weighted by atomic mass is 9.95. The highest BCUT2D eigenvalue weighted by atomic mass is 32.1. The maximum atomic E-state index is 12.5. The second-order valence-electron chi connectivity index (χ2n) is 5.45. The summed E-state index contributed by atoms with van der Waals surface area (Å²) < 4.78 is 0. The summed E-state index contributed by atoms with van der Waals surface area (Å²) in [6.07, 6.45) is -0.0449. The maximum Gasteiger partial charge on any atom is 0.273 e. The van der Waals surface area contributed by atoms with Gasteiger partial charge in [-0.3, -0.25) is 4.79 Å².